The van der Waals surface area contributed by atoms with Gasteiger partial charge in [0.1, 0.15) is 6.42 Å². The molecule has 0 aliphatic heterocycles. The zero-order chi connectivity index (χ0) is 25.8. The van der Waals surface area contributed by atoms with Gasteiger partial charge in [-0.1, -0.05) is 76.1 Å². The smallest absolute Gasteiger partial charge is 0.317 e. The van der Waals surface area contributed by atoms with Crippen LogP contribution in [-0.4, -0.2) is 41.7 Å². The number of ether oxygens (including phenoxy) is 3. The highest BCUT2D eigenvalue weighted by Gasteiger charge is 2.11. The maximum Gasteiger partial charge on any atom is 0.317 e. The van der Waals surface area contributed by atoms with Gasteiger partial charge in [0.05, 0.1) is 32.2 Å². The van der Waals surface area contributed by atoms with Crippen molar-refractivity contribution < 1.29 is 23.8 Å². The van der Waals surface area contributed by atoms with Gasteiger partial charge in [-0.3, -0.25) is 9.59 Å². The quantitative estimate of drug-likeness (QED) is 0.124. The second-order valence-corrected chi connectivity index (χ2v) is 8.92. The Morgan fingerprint density at radius 2 is 1.33 bits per heavy atom. The fourth-order valence-electron chi connectivity index (χ4n) is 3.78. The molecule has 0 bridgehead atoms. The van der Waals surface area contributed by atoms with E-state index < -0.39 is 11.9 Å². The number of aromatic nitrogens is 2. The summed E-state index contributed by atoms with van der Waals surface area (Å²) in [6, 6.07) is 8.17. The first kappa shape index (κ1) is 29.3. The van der Waals surface area contributed by atoms with E-state index in [2.05, 4.69) is 29.0 Å². The predicted molar refractivity (Wildman–Crippen MR) is 141 cm³/mol. The van der Waals surface area contributed by atoms with E-state index >= 15 is 0 Å². The van der Waals surface area contributed by atoms with Crippen LogP contribution in [0, 0.1) is 0 Å². The number of aryl methyl sites for hydroxylation is 1. The summed E-state index contributed by atoms with van der Waals surface area (Å²) in [6.07, 6.45) is 15.9. The molecule has 0 unspecified atom stereocenters. The minimum absolute atomic E-state index is 0.260. The van der Waals surface area contributed by atoms with Crippen molar-refractivity contribution in [2.75, 3.05) is 19.8 Å². The lowest BCUT2D eigenvalue weighted by atomic mass is 10.1. The van der Waals surface area contributed by atoms with Crippen molar-refractivity contribution in [1.29, 1.82) is 0 Å². The fraction of sp³-hybridized carbons (Fsp3) is 0.586. The summed E-state index contributed by atoms with van der Waals surface area (Å²) < 4.78 is 15.6. The van der Waals surface area contributed by atoms with Gasteiger partial charge in [-0.05, 0) is 38.2 Å². The van der Waals surface area contributed by atoms with Crippen LogP contribution in [-0.2, 0) is 25.5 Å². The Morgan fingerprint density at radius 1 is 0.722 bits per heavy atom. The van der Waals surface area contributed by atoms with Gasteiger partial charge in [0.25, 0.3) is 0 Å². The van der Waals surface area contributed by atoms with Crippen molar-refractivity contribution in [2.24, 2.45) is 0 Å². The molecule has 0 saturated heterocycles. The predicted octanol–water partition coefficient (Wildman–Crippen LogP) is 6.48. The number of carbonyl (C=O) groups excluding carboxylic acids is 2. The van der Waals surface area contributed by atoms with Crippen LogP contribution in [0.25, 0.3) is 11.4 Å². The molecule has 36 heavy (non-hydrogen) atoms. The third kappa shape index (κ3) is 12.7. The van der Waals surface area contributed by atoms with Crippen molar-refractivity contribution in [3.05, 3.63) is 42.2 Å². The zero-order valence-electron chi connectivity index (χ0n) is 22.0. The molecule has 2 rings (SSSR count). The molecular formula is C29H42N2O5. The topological polar surface area (TPSA) is 87.6 Å². The fourth-order valence-corrected chi connectivity index (χ4v) is 3.78. The van der Waals surface area contributed by atoms with Crippen molar-refractivity contribution in [3.8, 4) is 17.1 Å². The first-order valence-electron chi connectivity index (χ1n) is 13.5. The molecule has 1 aromatic carbocycles. The Kier molecular flexibility index (Phi) is 14.9. The number of rotatable bonds is 19. The van der Waals surface area contributed by atoms with Crippen molar-refractivity contribution in [3.63, 3.8) is 0 Å². The number of hydrogen-bond acceptors (Lipinski definition) is 7. The molecule has 0 atom stereocenters. The second-order valence-electron chi connectivity index (χ2n) is 8.92. The van der Waals surface area contributed by atoms with Crippen molar-refractivity contribution in [2.45, 2.75) is 90.9 Å². The molecule has 0 N–H and O–H groups in total. The Labute approximate surface area is 216 Å². The lowest BCUT2D eigenvalue weighted by Gasteiger charge is -2.07. The lowest BCUT2D eigenvalue weighted by Crippen LogP contribution is -2.14. The first-order valence-corrected chi connectivity index (χ1v) is 13.5. The SMILES string of the molecule is CCCCCCCCCCOc1cnc(-c2ccc(CCCCOC(=O)CC(=O)OCC)cc2)nc1. The molecule has 7 nitrogen and oxygen atoms in total. The van der Waals surface area contributed by atoms with Crippen LogP contribution in [0.1, 0.15) is 90.0 Å². The standard InChI is InChI=1S/C29H42N2O5/c1-3-5-6-7-8-9-10-12-19-35-26-22-30-29(31-23-26)25-17-15-24(16-18-25)14-11-13-20-36-28(33)21-27(32)34-4-2/h15-18,22-23H,3-14,19-21H2,1-2H3. The summed E-state index contributed by atoms with van der Waals surface area (Å²) in [5, 5.41) is 0. The summed E-state index contributed by atoms with van der Waals surface area (Å²) in [5.41, 5.74) is 2.16. The molecule has 0 aliphatic carbocycles. The second kappa shape index (κ2) is 18.3. The number of carbonyl (C=O) groups is 2. The first-order chi connectivity index (χ1) is 17.6. The van der Waals surface area contributed by atoms with Gasteiger partial charge in [-0.25, -0.2) is 9.97 Å². The number of benzene rings is 1. The molecule has 0 fully saturated rings. The van der Waals surface area contributed by atoms with E-state index in [-0.39, 0.29) is 13.0 Å². The number of hydrogen-bond donors (Lipinski definition) is 0. The Hall–Kier alpha value is -2.96. The summed E-state index contributed by atoms with van der Waals surface area (Å²) in [4.78, 5) is 31.7. The monoisotopic (exact) mass is 498 g/mol. The number of esters is 2. The molecule has 1 heterocycles. The number of nitrogens with zero attached hydrogens (tertiary/aromatic N) is 2. The Morgan fingerprint density at radius 3 is 2.00 bits per heavy atom. The molecule has 2 aromatic rings. The van der Waals surface area contributed by atoms with Crippen LogP contribution in [0.3, 0.4) is 0 Å². The largest absolute Gasteiger partial charge is 0.490 e. The maximum absolute atomic E-state index is 11.5. The van der Waals surface area contributed by atoms with E-state index in [0.717, 1.165) is 31.2 Å². The molecular weight excluding hydrogens is 456 g/mol. The van der Waals surface area contributed by atoms with Crippen LogP contribution < -0.4 is 4.74 Å². The van der Waals surface area contributed by atoms with E-state index in [4.69, 9.17) is 14.2 Å². The molecule has 0 spiro atoms. The molecule has 0 amide bonds. The third-order valence-corrected chi connectivity index (χ3v) is 5.82. The van der Waals surface area contributed by atoms with Crippen molar-refractivity contribution in [1.82, 2.24) is 9.97 Å². The normalized spacial score (nSPS) is 10.7. The van der Waals surface area contributed by atoms with Crippen molar-refractivity contribution >= 4 is 11.9 Å². The summed E-state index contributed by atoms with van der Waals surface area (Å²) >= 11 is 0. The minimum Gasteiger partial charge on any atom is -0.490 e. The highest BCUT2D eigenvalue weighted by molar-refractivity contribution is 5.91. The molecule has 0 saturated carbocycles. The maximum atomic E-state index is 11.5. The number of unbranched alkanes of at least 4 members (excludes halogenated alkanes) is 8. The lowest BCUT2D eigenvalue weighted by molar-refractivity contribution is -0.154. The van der Waals surface area contributed by atoms with Gasteiger partial charge < -0.3 is 14.2 Å². The zero-order valence-corrected chi connectivity index (χ0v) is 22.0. The van der Waals surface area contributed by atoms with E-state index in [9.17, 15) is 9.59 Å². The van der Waals surface area contributed by atoms with E-state index in [1.807, 2.05) is 12.1 Å². The molecule has 0 aliphatic rings. The van der Waals surface area contributed by atoms with Gasteiger partial charge in [-0.2, -0.15) is 0 Å². The average Bonchev–Trinajstić information content (AvgIpc) is 2.88. The Bertz CT molecular complexity index is 868. The summed E-state index contributed by atoms with van der Waals surface area (Å²) in [6.45, 7) is 5.22. The van der Waals surface area contributed by atoms with Gasteiger partial charge in [0, 0.05) is 5.56 Å². The highest BCUT2D eigenvalue weighted by atomic mass is 16.6. The third-order valence-electron chi connectivity index (χ3n) is 5.82. The van der Waals surface area contributed by atoms with Crippen LogP contribution in [0.15, 0.2) is 36.7 Å². The molecule has 198 valence electrons. The van der Waals surface area contributed by atoms with Crippen LogP contribution in [0.4, 0.5) is 0 Å². The van der Waals surface area contributed by atoms with Gasteiger partial charge in [0.2, 0.25) is 0 Å². The molecule has 7 heteroatoms. The molecule has 1 aromatic heterocycles. The van der Waals surface area contributed by atoms with Gasteiger partial charge in [0.15, 0.2) is 11.6 Å². The van der Waals surface area contributed by atoms with Crippen LogP contribution in [0.5, 0.6) is 5.75 Å². The molecule has 0 radical (unpaired) electrons. The van der Waals surface area contributed by atoms with Gasteiger partial charge >= 0.3 is 11.9 Å². The summed E-state index contributed by atoms with van der Waals surface area (Å²) in [7, 11) is 0. The van der Waals surface area contributed by atoms with E-state index in [0.29, 0.717) is 24.8 Å². The highest BCUT2D eigenvalue weighted by Crippen LogP contribution is 2.18. The van der Waals surface area contributed by atoms with E-state index in [1.165, 1.54) is 50.5 Å². The summed E-state index contributed by atoms with van der Waals surface area (Å²) in [5.74, 6) is 0.297. The van der Waals surface area contributed by atoms with Gasteiger partial charge in [-0.15, -0.1) is 0 Å². The average molecular weight is 499 g/mol. The van der Waals surface area contributed by atoms with Crippen LogP contribution in [0.2, 0.25) is 0 Å². The minimum atomic E-state index is -0.549. The Balaban J connectivity index is 1.60. The van der Waals surface area contributed by atoms with Crippen LogP contribution >= 0.6 is 0 Å². The van der Waals surface area contributed by atoms with E-state index in [1.54, 1.807) is 19.3 Å².